The first-order valence-corrected chi connectivity index (χ1v) is 9.09. The Morgan fingerprint density at radius 3 is 2.63 bits per heavy atom. The minimum absolute atomic E-state index is 0.172. The summed E-state index contributed by atoms with van der Waals surface area (Å²) in [5, 5.41) is 6.73. The Morgan fingerprint density at radius 1 is 1.17 bits per heavy atom. The van der Waals surface area contributed by atoms with Crippen molar-refractivity contribution in [1.82, 2.24) is 25.0 Å². The van der Waals surface area contributed by atoms with Crippen LogP contribution in [0.25, 0.3) is 22.4 Å². The van der Waals surface area contributed by atoms with Crippen molar-refractivity contribution >= 4 is 28.5 Å². The second-order valence-electron chi connectivity index (χ2n) is 6.33. The lowest BCUT2D eigenvalue weighted by atomic mass is 10.2. The maximum absolute atomic E-state index is 12.6. The first kappa shape index (κ1) is 19.9. The van der Waals surface area contributed by atoms with Crippen LogP contribution in [-0.4, -0.2) is 32.1 Å². The second kappa shape index (κ2) is 7.79. The van der Waals surface area contributed by atoms with Gasteiger partial charge in [0.25, 0.3) is 5.91 Å². The summed E-state index contributed by atoms with van der Waals surface area (Å²) in [5.74, 6) is -1.80. The van der Waals surface area contributed by atoms with Crippen molar-refractivity contribution in [3.63, 3.8) is 0 Å². The number of aromatic nitrogens is 4. The summed E-state index contributed by atoms with van der Waals surface area (Å²) < 4.78 is 44.0. The van der Waals surface area contributed by atoms with Crippen LogP contribution >= 0.6 is 11.6 Å². The Balaban J connectivity index is 1.44. The number of benzene rings is 2. The first-order chi connectivity index (χ1) is 14.3. The zero-order valence-corrected chi connectivity index (χ0v) is 15.9. The average Bonchev–Trinajstić information content (AvgIpc) is 3.35. The molecule has 0 aliphatic heterocycles. The molecule has 154 valence electrons. The standard InChI is InChI=1S/C19H13ClF3N5O2/c20-13-4-1-11(2-5-13)17(29)24-7-8-28-10-25-14-9-12(3-6-15(14)28)16-26-18(30-27-16)19(21,22)23/h1-6,9-10H,7-8H2,(H,24,29). The molecule has 30 heavy (non-hydrogen) atoms. The molecule has 0 saturated heterocycles. The summed E-state index contributed by atoms with van der Waals surface area (Å²) >= 11 is 5.81. The SMILES string of the molecule is O=C(NCCn1cnc2cc(-c3noc(C(F)(F)F)n3)ccc21)c1ccc(Cl)cc1. The maximum Gasteiger partial charge on any atom is 0.471 e. The van der Waals surface area contributed by atoms with Crippen molar-refractivity contribution in [2.45, 2.75) is 12.7 Å². The van der Waals surface area contributed by atoms with Gasteiger partial charge < -0.3 is 14.4 Å². The number of rotatable bonds is 5. The predicted octanol–water partition coefficient (Wildman–Crippen LogP) is 4.19. The summed E-state index contributed by atoms with van der Waals surface area (Å²) in [6, 6.07) is 11.4. The maximum atomic E-state index is 12.6. The highest BCUT2D eigenvalue weighted by atomic mass is 35.5. The monoisotopic (exact) mass is 435 g/mol. The number of hydrogen-bond acceptors (Lipinski definition) is 5. The highest BCUT2D eigenvalue weighted by Crippen LogP contribution is 2.30. The van der Waals surface area contributed by atoms with Crippen LogP contribution in [0.15, 0.2) is 53.3 Å². The van der Waals surface area contributed by atoms with Crippen LogP contribution in [0.3, 0.4) is 0 Å². The first-order valence-electron chi connectivity index (χ1n) is 8.71. The van der Waals surface area contributed by atoms with Crippen molar-refractivity contribution in [3.05, 3.63) is 65.3 Å². The van der Waals surface area contributed by atoms with E-state index in [0.29, 0.717) is 34.8 Å². The molecule has 4 aromatic rings. The van der Waals surface area contributed by atoms with Gasteiger partial charge in [-0.1, -0.05) is 16.8 Å². The summed E-state index contributed by atoms with van der Waals surface area (Å²) in [5.41, 5.74) is 2.15. The number of fused-ring (bicyclic) bond motifs is 1. The molecule has 0 bridgehead atoms. The molecule has 0 atom stereocenters. The van der Waals surface area contributed by atoms with Crippen LogP contribution < -0.4 is 5.32 Å². The molecule has 0 unspecified atom stereocenters. The molecule has 0 spiro atoms. The smallest absolute Gasteiger partial charge is 0.350 e. The molecule has 0 aliphatic rings. The Labute approximate surface area is 172 Å². The van der Waals surface area contributed by atoms with Crippen molar-refractivity contribution in [2.24, 2.45) is 0 Å². The number of imidazole rings is 1. The van der Waals surface area contributed by atoms with Gasteiger partial charge in [0.1, 0.15) is 0 Å². The molecule has 11 heteroatoms. The highest BCUT2D eigenvalue weighted by molar-refractivity contribution is 6.30. The summed E-state index contributed by atoms with van der Waals surface area (Å²) in [7, 11) is 0. The predicted molar refractivity (Wildman–Crippen MR) is 102 cm³/mol. The molecule has 7 nitrogen and oxygen atoms in total. The summed E-state index contributed by atoms with van der Waals surface area (Å²) in [6.45, 7) is 0.810. The molecule has 1 N–H and O–H groups in total. The van der Waals surface area contributed by atoms with Gasteiger partial charge in [0, 0.05) is 29.2 Å². The van der Waals surface area contributed by atoms with Gasteiger partial charge in [-0.15, -0.1) is 0 Å². The van der Waals surface area contributed by atoms with Crippen molar-refractivity contribution < 1.29 is 22.5 Å². The van der Waals surface area contributed by atoms with E-state index in [-0.39, 0.29) is 11.7 Å². The number of nitrogens with zero attached hydrogens (tertiary/aromatic N) is 4. The normalized spacial score (nSPS) is 11.7. The zero-order valence-electron chi connectivity index (χ0n) is 15.2. The lowest BCUT2D eigenvalue weighted by Crippen LogP contribution is -2.27. The van der Waals surface area contributed by atoms with E-state index in [0.717, 1.165) is 5.52 Å². The van der Waals surface area contributed by atoms with Gasteiger partial charge in [-0.3, -0.25) is 4.79 Å². The molecule has 2 heterocycles. The molecule has 2 aromatic carbocycles. The summed E-state index contributed by atoms with van der Waals surface area (Å²) in [6.07, 6.45) is -3.12. The van der Waals surface area contributed by atoms with Crippen LogP contribution in [0.2, 0.25) is 5.02 Å². The van der Waals surface area contributed by atoms with Gasteiger partial charge in [0.15, 0.2) is 0 Å². The molecule has 1 amide bonds. The molecule has 2 aromatic heterocycles. The average molecular weight is 436 g/mol. The van der Waals surface area contributed by atoms with Crippen LogP contribution in [0.5, 0.6) is 0 Å². The van der Waals surface area contributed by atoms with E-state index in [2.05, 4.69) is 25.0 Å². The van der Waals surface area contributed by atoms with E-state index < -0.39 is 12.1 Å². The topological polar surface area (TPSA) is 85.8 Å². The van der Waals surface area contributed by atoms with Gasteiger partial charge >= 0.3 is 12.1 Å². The van der Waals surface area contributed by atoms with Gasteiger partial charge in [-0.05, 0) is 42.5 Å². The number of carbonyl (C=O) groups is 1. The number of amides is 1. The van der Waals surface area contributed by atoms with E-state index in [4.69, 9.17) is 11.6 Å². The van der Waals surface area contributed by atoms with Crippen LogP contribution in [0.4, 0.5) is 13.2 Å². The van der Waals surface area contributed by atoms with E-state index in [1.54, 1.807) is 48.8 Å². The molecule has 0 saturated carbocycles. The lowest BCUT2D eigenvalue weighted by molar-refractivity contribution is -0.159. The molecular weight excluding hydrogens is 423 g/mol. The van der Waals surface area contributed by atoms with Gasteiger partial charge in [0.2, 0.25) is 5.82 Å². The molecule has 4 rings (SSSR count). The van der Waals surface area contributed by atoms with Crippen LogP contribution in [-0.2, 0) is 12.7 Å². The molecule has 0 aliphatic carbocycles. The van der Waals surface area contributed by atoms with E-state index in [9.17, 15) is 18.0 Å². The number of carbonyl (C=O) groups excluding carboxylic acids is 1. The fourth-order valence-electron chi connectivity index (χ4n) is 2.83. The van der Waals surface area contributed by atoms with Crippen molar-refractivity contribution in [1.29, 1.82) is 0 Å². The van der Waals surface area contributed by atoms with Crippen LogP contribution in [0, 0.1) is 0 Å². The fraction of sp³-hybridized carbons (Fsp3) is 0.158. The number of alkyl halides is 3. The third-order valence-corrected chi connectivity index (χ3v) is 4.54. The van der Waals surface area contributed by atoms with Crippen molar-refractivity contribution in [3.8, 4) is 11.4 Å². The third-order valence-electron chi connectivity index (χ3n) is 4.29. The van der Waals surface area contributed by atoms with E-state index in [1.807, 2.05) is 4.57 Å². The second-order valence-corrected chi connectivity index (χ2v) is 6.76. The molecule has 0 radical (unpaired) electrons. The lowest BCUT2D eigenvalue weighted by Gasteiger charge is -2.07. The summed E-state index contributed by atoms with van der Waals surface area (Å²) in [4.78, 5) is 19.8. The quantitative estimate of drug-likeness (QED) is 0.508. The molecule has 0 fully saturated rings. The van der Waals surface area contributed by atoms with E-state index >= 15 is 0 Å². The highest BCUT2D eigenvalue weighted by Gasteiger charge is 2.38. The minimum atomic E-state index is -4.70. The zero-order chi connectivity index (χ0) is 21.3. The Morgan fingerprint density at radius 2 is 1.93 bits per heavy atom. The van der Waals surface area contributed by atoms with Gasteiger partial charge in [-0.2, -0.15) is 18.2 Å². The van der Waals surface area contributed by atoms with E-state index in [1.165, 1.54) is 0 Å². The largest absolute Gasteiger partial charge is 0.471 e. The van der Waals surface area contributed by atoms with Crippen LogP contribution in [0.1, 0.15) is 16.2 Å². The fourth-order valence-corrected chi connectivity index (χ4v) is 2.96. The number of hydrogen-bond donors (Lipinski definition) is 1. The minimum Gasteiger partial charge on any atom is -0.350 e. The Bertz CT molecular complexity index is 1200. The third kappa shape index (κ3) is 4.13. The molecular formula is C19H13ClF3N5O2. The number of halogens is 4. The Kier molecular flexibility index (Phi) is 5.17. The van der Waals surface area contributed by atoms with Crippen molar-refractivity contribution in [2.75, 3.05) is 6.54 Å². The van der Waals surface area contributed by atoms with Gasteiger partial charge in [0.05, 0.1) is 17.4 Å². The van der Waals surface area contributed by atoms with Gasteiger partial charge in [-0.25, -0.2) is 4.98 Å². The Hall–Kier alpha value is -3.40. The number of nitrogens with one attached hydrogen (secondary N) is 1.